The molecular formula is C13H17NO. The first-order valence-electron chi connectivity index (χ1n) is 5.76. The summed E-state index contributed by atoms with van der Waals surface area (Å²) in [6.45, 7) is 2.12. The van der Waals surface area contributed by atoms with E-state index in [0.717, 1.165) is 37.8 Å². The molecule has 1 atom stereocenters. The lowest BCUT2D eigenvalue weighted by Crippen LogP contribution is -2.10. The van der Waals surface area contributed by atoms with Crippen molar-refractivity contribution in [1.82, 2.24) is 4.98 Å². The van der Waals surface area contributed by atoms with Crippen molar-refractivity contribution in [3.05, 3.63) is 29.6 Å². The predicted octanol–water partition coefficient (Wildman–Crippen LogP) is 2.56. The molecule has 1 unspecified atom stereocenters. The molecule has 1 aromatic rings. The van der Waals surface area contributed by atoms with Crippen LogP contribution < -0.4 is 0 Å². The van der Waals surface area contributed by atoms with Crippen molar-refractivity contribution in [3.8, 4) is 0 Å². The van der Waals surface area contributed by atoms with Crippen LogP contribution in [0.25, 0.3) is 0 Å². The van der Waals surface area contributed by atoms with Gasteiger partial charge in [-0.3, -0.25) is 9.78 Å². The Bertz CT molecular complexity index is 342. The van der Waals surface area contributed by atoms with Gasteiger partial charge in [0.2, 0.25) is 0 Å². The van der Waals surface area contributed by atoms with E-state index in [1.54, 1.807) is 0 Å². The second kappa shape index (κ2) is 4.56. The molecular weight excluding hydrogens is 186 g/mol. The highest BCUT2D eigenvalue weighted by Crippen LogP contribution is 2.24. The third-order valence-electron chi connectivity index (χ3n) is 3.18. The number of ketones is 1. The number of carbonyl (C=O) groups is 1. The maximum absolute atomic E-state index is 11.5. The zero-order valence-electron chi connectivity index (χ0n) is 9.20. The number of hydrogen-bond donors (Lipinski definition) is 0. The van der Waals surface area contributed by atoms with E-state index in [-0.39, 0.29) is 5.92 Å². The van der Waals surface area contributed by atoms with Crippen molar-refractivity contribution in [2.45, 2.75) is 39.0 Å². The number of rotatable bonds is 3. The number of aromatic nitrogens is 1. The monoisotopic (exact) mass is 203 g/mol. The first-order valence-corrected chi connectivity index (χ1v) is 5.76. The number of aryl methyl sites for hydroxylation is 1. The van der Waals surface area contributed by atoms with Crippen LogP contribution in [-0.2, 0) is 17.6 Å². The summed E-state index contributed by atoms with van der Waals surface area (Å²) in [7, 11) is 0. The first-order chi connectivity index (χ1) is 7.29. The van der Waals surface area contributed by atoms with Crippen molar-refractivity contribution < 1.29 is 4.79 Å². The van der Waals surface area contributed by atoms with Crippen molar-refractivity contribution in [2.75, 3.05) is 0 Å². The van der Waals surface area contributed by atoms with Gasteiger partial charge in [0.15, 0.2) is 0 Å². The summed E-state index contributed by atoms with van der Waals surface area (Å²) >= 11 is 0. The maximum atomic E-state index is 11.5. The Labute approximate surface area is 90.7 Å². The Kier molecular flexibility index (Phi) is 3.14. The molecule has 1 aromatic heterocycles. The van der Waals surface area contributed by atoms with Gasteiger partial charge >= 0.3 is 0 Å². The standard InChI is InChI=1S/C13H17NO/c1-2-10-6-7-12(14-9-10)8-11-4-3-5-13(11)15/h6-7,9,11H,2-5,8H2,1H3. The summed E-state index contributed by atoms with van der Waals surface area (Å²) < 4.78 is 0. The van der Waals surface area contributed by atoms with Gasteiger partial charge < -0.3 is 0 Å². The fourth-order valence-electron chi connectivity index (χ4n) is 2.14. The minimum atomic E-state index is 0.241. The average Bonchev–Trinajstić information content (AvgIpc) is 2.66. The Hall–Kier alpha value is -1.18. The van der Waals surface area contributed by atoms with Crippen LogP contribution in [0.1, 0.15) is 37.4 Å². The van der Waals surface area contributed by atoms with Crippen molar-refractivity contribution in [3.63, 3.8) is 0 Å². The van der Waals surface area contributed by atoms with Gasteiger partial charge in [-0.05, 0) is 37.3 Å². The van der Waals surface area contributed by atoms with Gasteiger partial charge in [0.25, 0.3) is 0 Å². The van der Waals surface area contributed by atoms with Crippen LogP contribution in [0, 0.1) is 5.92 Å². The Balaban J connectivity index is 2.01. The van der Waals surface area contributed by atoms with Crippen LogP contribution >= 0.6 is 0 Å². The van der Waals surface area contributed by atoms with Crippen LogP contribution in [0.4, 0.5) is 0 Å². The summed E-state index contributed by atoms with van der Waals surface area (Å²) in [5.41, 5.74) is 2.32. The SMILES string of the molecule is CCc1ccc(CC2CCCC2=O)nc1. The van der Waals surface area contributed by atoms with Crippen molar-refractivity contribution in [2.24, 2.45) is 5.92 Å². The molecule has 80 valence electrons. The highest BCUT2D eigenvalue weighted by atomic mass is 16.1. The van der Waals surface area contributed by atoms with Gasteiger partial charge in [-0.25, -0.2) is 0 Å². The maximum Gasteiger partial charge on any atom is 0.136 e. The second-order valence-corrected chi connectivity index (χ2v) is 4.27. The summed E-state index contributed by atoms with van der Waals surface area (Å²) in [6.07, 6.45) is 6.68. The van der Waals surface area contributed by atoms with Crippen LogP contribution in [-0.4, -0.2) is 10.8 Å². The number of pyridine rings is 1. The molecule has 0 spiro atoms. The van der Waals surface area contributed by atoms with E-state index in [1.807, 2.05) is 6.20 Å². The van der Waals surface area contributed by atoms with Crippen LogP contribution in [0.5, 0.6) is 0 Å². The van der Waals surface area contributed by atoms with Crippen LogP contribution in [0.3, 0.4) is 0 Å². The molecule has 1 fully saturated rings. The van der Waals surface area contributed by atoms with Crippen LogP contribution in [0.2, 0.25) is 0 Å². The lowest BCUT2D eigenvalue weighted by molar-refractivity contribution is -0.120. The minimum absolute atomic E-state index is 0.241. The summed E-state index contributed by atoms with van der Waals surface area (Å²) in [5.74, 6) is 0.668. The molecule has 2 rings (SSSR count). The lowest BCUT2D eigenvalue weighted by Gasteiger charge is -2.07. The number of carbonyl (C=O) groups excluding carboxylic acids is 1. The molecule has 2 heteroatoms. The molecule has 2 nitrogen and oxygen atoms in total. The van der Waals surface area contributed by atoms with Gasteiger partial charge in [-0.15, -0.1) is 0 Å². The van der Waals surface area contributed by atoms with Gasteiger partial charge in [-0.2, -0.15) is 0 Å². The lowest BCUT2D eigenvalue weighted by atomic mass is 10.0. The average molecular weight is 203 g/mol. The first kappa shape index (κ1) is 10.3. The Morgan fingerprint density at radius 2 is 2.33 bits per heavy atom. The second-order valence-electron chi connectivity index (χ2n) is 4.27. The van der Waals surface area contributed by atoms with Gasteiger partial charge in [-0.1, -0.05) is 13.0 Å². The number of hydrogen-bond acceptors (Lipinski definition) is 2. The molecule has 0 N–H and O–H groups in total. The molecule has 0 radical (unpaired) electrons. The largest absolute Gasteiger partial charge is 0.299 e. The smallest absolute Gasteiger partial charge is 0.136 e. The minimum Gasteiger partial charge on any atom is -0.299 e. The molecule has 1 aliphatic carbocycles. The summed E-state index contributed by atoms with van der Waals surface area (Å²) in [4.78, 5) is 15.9. The molecule has 0 aliphatic heterocycles. The van der Waals surface area contributed by atoms with E-state index < -0.39 is 0 Å². The Morgan fingerprint density at radius 3 is 2.87 bits per heavy atom. The molecule has 0 bridgehead atoms. The number of nitrogens with zero attached hydrogens (tertiary/aromatic N) is 1. The fraction of sp³-hybridized carbons (Fsp3) is 0.538. The fourth-order valence-corrected chi connectivity index (χ4v) is 2.14. The van der Waals surface area contributed by atoms with E-state index in [1.165, 1.54) is 5.56 Å². The predicted molar refractivity (Wildman–Crippen MR) is 59.7 cm³/mol. The van der Waals surface area contributed by atoms with E-state index in [2.05, 4.69) is 24.0 Å². The molecule has 1 saturated carbocycles. The summed E-state index contributed by atoms with van der Waals surface area (Å²) in [6, 6.07) is 4.17. The van der Waals surface area contributed by atoms with E-state index in [4.69, 9.17) is 0 Å². The zero-order chi connectivity index (χ0) is 10.7. The molecule has 0 saturated heterocycles. The third kappa shape index (κ3) is 2.44. The quantitative estimate of drug-likeness (QED) is 0.755. The third-order valence-corrected chi connectivity index (χ3v) is 3.18. The van der Waals surface area contributed by atoms with Gasteiger partial charge in [0.05, 0.1) is 0 Å². The molecule has 0 amide bonds. The normalized spacial score (nSPS) is 20.9. The summed E-state index contributed by atoms with van der Waals surface area (Å²) in [5, 5.41) is 0. The molecule has 15 heavy (non-hydrogen) atoms. The van der Waals surface area contributed by atoms with Gasteiger partial charge in [0.1, 0.15) is 5.78 Å². The highest BCUT2D eigenvalue weighted by molar-refractivity contribution is 5.83. The molecule has 1 aliphatic rings. The van der Waals surface area contributed by atoms with Crippen molar-refractivity contribution >= 4 is 5.78 Å². The molecule has 0 aromatic carbocycles. The zero-order valence-corrected chi connectivity index (χ0v) is 9.20. The van der Waals surface area contributed by atoms with Crippen molar-refractivity contribution in [1.29, 1.82) is 0 Å². The van der Waals surface area contributed by atoms with Crippen LogP contribution in [0.15, 0.2) is 18.3 Å². The highest BCUT2D eigenvalue weighted by Gasteiger charge is 2.24. The topological polar surface area (TPSA) is 30.0 Å². The Morgan fingerprint density at radius 1 is 1.47 bits per heavy atom. The number of Topliss-reactive ketones (excluding diaryl/α,β-unsaturated/α-hetero) is 1. The van der Waals surface area contributed by atoms with Gasteiger partial charge in [0, 0.05) is 24.2 Å². The van der Waals surface area contributed by atoms with E-state index in [9.17, 15) is 4.79 Å². The van der Waals surface area contributed by atoms with E-state index >= 15 is 0 Å². The molecule has 1 heterocycles. The van der Waals surface area contributed by atoms with E-state index in [0.29, 0.717) is 5.78 Å².